The molecular formula is C19H18BrN3O5S. The summed E-state index contributed by atoms with van der Waals surface area (Å²) in [6.45, 7) is 0.335. The van der Waals surface area contributed by atoms with E-state index in [4.69, 9.17) is 5.14 Å². The number of imide groups is 1. The summed E-state index contributed by atoms with van der Waals surface area (Å²) in [6, 6.07) is 10.9. The molecule has 3 amide bonds. The molecule has 0 radical (unpaired) electrons. The molecule has 0 aliphatic carbocycles. The van der Waals surface area contributed by atoms with E-state index < -0.39 is 21.8 Å². The van der Waals surface area contributed by atoms with Crippen LogP contribution < -0.4 is 10.5 Å². The standard InChI is InChI=1S/C19H18BrN3O5S/c20-13-3-6-15-16(11-13)19(26)23(18(15)25)10-8-17(24)22-9-7-12-1-4-14(5-2-12)29(21,27)28/h1-6,11H,7-10H2,(H,22,24)(H2,21,27,28). The summed E-state index contributed by atoms with van der Waals surface area (Å²) in [5.41, 5.74) is 1.50. The van der Waals surface area contributed by atoms with E-state index in [1.165, 1.54) is 12.1 Å². The van der Waals surface area contributed by atoms with Gasteiger partial charge in [0, 0.05) is 24.0 Å². The van der Waals surface area contributed by atoms with Crippen molar-refractivity contribution in [2.24, 2.45) is 5.14 Å². The molecule has 0 fully saturated rings. The van der Waals surface area contributed by atoms with Gasteiger partial charge in [0.2, 0.25) is 15.9 Å². The molecule has 8 nitrogen and oxygen atoms in total. The topological polar surface area (TPSA) is 127 Å². The SMILES string of the molecule is NS(=O)(=O)c1ccc(CCNC(=O)CCN2C(=O)c3ccc(Br)cc3C2=O)cc1. The lowest BCUT2D eigenvalue weighted by molar-refractivity contribution is -0.121. The quantitative estimate of drug-likeness (QED) is 0.580. The Labute approximate surface area is 176 Å². The van der Waals surface area contributed by atoms with Crippen molar-refractivity contribution in [1.29, 1.82) is 0 Å². The van der Waals surface area contributed by atoms with Crippen LogP contribution in [0.15, 0.2) is 51.8 Å². The van der Waals surface area contributed by atoms with Crippen LogP contribution in [0.3, 0.4) is 0 Å². The second-order valence-corrected chi connectivity index (χ2v) is 8.97. The number of amides is 3. The Morgan fingerprint density at radius 2 is 1.69 bits per heavy atom. The lowest BCUT2D eigenvalue weighted by Gasteiger charge is -2.13. The van der Waals surface area contributed by atoms with Gasteiger partial charge in [-0.3, -0.25) is 19.3 Å². The monoisotopic (exact) mass is 479 g/mol. The zero-order chi connectivity index (χ0) is 21.2. The maximum absolute atomic E-state index is 12.4. The van der Waals surface area contributed by atoms with E-state index in [9.17, 15) is 22.8 Å². The maximum Gasteiger partial charge on any atom is 0.261 e. The normalized spacial score (nSPS) is 13.5. The van der Waals surface area contributed by atoms with E-state index in [0.29, 0.717) is 28.6 Å². The Bertz CT molecular complexity index is 1080. The van der Waals surface area contributed by atoms with Crippen LogP contribution in [0.2, 0.25) is 0 Å². The molecule has 0 unspecified atom stereocenters. The van der Waals surface area contributed by atoms with Crippen LogP contribution in [0.25, 0.3) is 0 Å². The summed E-state index contributed by atoms with van der Waals surface area (Å²) < 4.78 is 23.2. The number of nitrogens with two attached hydrogens (primary N) is 1. The Morgan fingerprint density at radius 1 is 1.03 bits per heavy atom. The average Bonchev–Trinajstić information content (AvgIpc) is 2.89. The van der Waals surface area contributed by atoms with Crippen molar-refractivity contribution in [2.75, 3.05) is 13.1 Å². The first-order chi connectivity index (χ1) is 13.7. The molecule has 152 valence electrons. The molecule has 0 bridgehead atoms. The maximum atomic E-state index is 12.4. The van der Waals surface area contributed by atoms with E-state index in [-0.39, 0.29) is 23.8 Å². The minimum atomic E-state index is -3.73. The van der Waals surface area contributed by atoms with Crippen molar-refractivity contribution in [1.82, 2.24) is 10.2 Å². The van der Waals surface area contributed by atoms with Gasteiger partial charge in [-0.15, -0.1) is 0 Å². The van der Waals surface area contributed by atoms with Crippen LogP contribution in [-0.4, -0.2) is 44.1 Å². The lowest BCUT2D eigenvalue weighted by Crippen LogP contribution is -2.35. The molecule has 1 heterocycles. The van der Waals surface area contributed by atoms with Crippen LogP contribution in [0, 0.1) is 0 Å². The molecule has 2 aromatic carbocycles. The van der Waals surface area contributed by atoms with Crippen molar-refractivity contribution in [3.63, 3.8) is 0 Å². The fourth-order valence-corrected chi connectivity index (χ4v) is 3.84. The predicted molar refractivity (Wildman–Crippen MR) is 109 cm³/mol. The minimum Gasteiger partial charge on any atom is -0.356 e. The molecule has 10 heteroatoms. The number of halogens is 1. The van der Waals surface area contributed by atoms with Gasteiger partial charge in [-0.25, -0.2) is 13.6 Å². The molecule has 2 aromatic rings. The first-order valence-electron chi connectivity index (χ1n) is 8.71. The number of sulfonamides is 1. The van der Waals surface area contributed by atoms with Crippen molar-refractivity contribution in [3.05, 3.63) is 63.6 Å². The Hall–Kier alpha value is -2.56. The highest BCUT2D eigenvalue weighted by atomic mass is 79.9. The first kappa shape index (κ1) is 21.2. The van der Waals surface area contributed by atoms with E-state index in [0.717, 1.165) is 10.5 Å². The number of carbonyl (C=O) groups is 3. The summed E-state index contributed by atoms with van der Waals surface area (Å²) >= 11 is 3.27. The van der Waals surface area contributed by atoms with Crippen molar-refractivity contribution < 1.29 is 22.8 Å². The highest BCUT2D eigenvalue weighted by Crippen LogP contribution is 2.26. The molecule has 3 N–H and O–H groups in total. The Balaban J connectivity index is 1.47. The van der Waals surface area contributed by atoms with Gasteiger partial charge in [0.25, 0.3) is 11.8 Å². The number of primary sulfonamides is 1. The number of fused-ring (bicyclic) bond motifs is 1. The molecule has 0 spiro atoms. The summed E-state index contributed by atoms with van der Waals surface area (Å²) in [5, 5.41) is 7.77. The first-order valence-corrected chi connectivity index (χ1v) is 11.0. The van der Waals surface area contributed by atoms with Crippen LogP contribution in [0.1, 0.15) is 32.7 Å². The molecule has 1 aliphatic rings. The zero-order valence-electron chi connectivity index (χ0n) is 15.2. The highest BCUT2D eigenvalue weighted by Gasteiger charge is 2.35. The Kier molecular flexibility index (Phi) is 6.15. The number of hydrogen-bond donors (Lipinski definition) is 2. The molecule has 3 rings (SSSR count). The number of hydrogen-bond acceptors (Lipinski definition) is 5. The summed E-state index contributed by atoms with van der Waals surface area (Å²) in [7, 11) is -3.73. The van der Waals surface area contributed by atoms with Gasteiger partial charge < -0.3 is 5.32 Å². The van der Waals surface area contributed by atoms with Crippen molar-refractivity contribution in [3.8, 4) is 0 Å². The molecule has 0 saturated heterocycles. The summed E-state index contributed by atoms with van der Waals surface area (Å²) in [5.74, 6) is -1.10. The Morgan fingerprint density at radius 3 is 2.34 bits per heavy atom. The van der Waals surface area contributed by atoms with Crippen LogP contribution >= 0.6 is 15.9 Å². The molecule has 29 heavy (non-hydrogen) atoms. The van der Waals surface area contributed by atoms with Crippen LogP contribution in [-0.2, 0) is 21.2 Å². The number of nitrogens with one attached hydrogen (secondary N) is 1. The van der Waals surface area contributed by atoms with Crippen molar-refractivity contribution in [2.45, 2.75) is 17.7 Å². The highest BCUT2D eigenvalue weighted by molar-refractivity contribution is 9.10. The van der Waals surface area contributed by atoms with Crippen molar-refractivity contribution >= 4 is 43.7 Å². The molecule has 0 saturated carbocycles. The van der Waals surface area contributed by atoms with Crippen LogP contribution in [0.4, 0.5) is 0 Å². The van der Waals surface area contributed by atoms with Gasteiger partial charge in [0.1, 0.15) is 0 Å². The summed E-state index contributed by atoms with van der Waals surface area (Å²) in [6.07, 6.45) is 0.495. The fourth-order valence-electron chi connectivity index (χ4n) is 2.96. The minimum absolute atomic E-state index is 0.00114. The smallest absolute Gasteiger partial charge is 0.261 e. The predicted octanol–water partition coefficient (Wildman–Crippen LogP) is 1.44. The van der Waals surface area contributed by atoms with E-state index in [1.54, 1.807) is 30.3 Å². The number of rotatable bonds is 7. The van der Waals surface area contributed by atoms with Gasteiger partial charge in [-0.05, 0) is 42.3 Å². The fraction of sp³-hybridized carbons (Fsp3) is 0.211. The molecule has 0 atom stereocenters. The largest absolute Gasteiger partial charge is 0.356 e. The number of carbonyl (C=O) groups excluding carboxylic acids is 3. The molecular weight excluding hydrogens is 462 g/mol. The van der Waals surface area contributed by atoms with Crippen LogP contribution in [0.5, 0.6) is 0 Å². The van der Waals surface area contributed by atoms with E-state index >= 15 is 0 Å². The second kappa shape index (κ2) is 8.44. The van der Waals surface area contributed by atoms with Gasteiger partial charge in [-0.1, -0.05) is 28.1 Å². The summed E-state index contributed by atoms with van der Waals surface area (Å²) in [4.78, 5) is 37.9. The number of benzene rings is 2. The van der Waals surface area contributed by atoms with Gasteiger partial charge >= 0.3 is 0 Å². The zero-order valence-corrected chi connectivity index (χ0v) is 17.6. The van der Waals surface area contributed by atoms with Gasteiger partial charge in [-0.2, -0.15) is 0 Å². The third-order valence-electron chi connectivity index (χ3n) is 4.48. The van der Waals surface area contributed by atoms with E-state index in [1.807, 2.05) is 0 Å². The van der Waals surface area contributed by atoms with Gasteiger partial charge in [0.15, 0.2) is 0 Å². The molecule has 1 aliphatic heterocycles. The lowest BCUT2D eigenvalue weighted by atomic mass is 10.1. The van der Waals surface area contributed by atoms with Gasteiger partial charge in [0.05, 0.1) is 16.0 Å². The van der Waals surface area contributed by atoms with E-state index in [2.05, 4.69) is 21.2 Å². The third kappa shape index (κ3) is 4.89. The molecule has 0 aromatic heterocycles. The number of nitrogens with zero attached hydrogens (tertiary/aromatic N) is 1. The third-order valence-corrected chi connectivity index (χ3v) is 5.91. The second-order valence-electron chi connectivity index (χ2n) is 6.49. The average molecular weight is 480 g/mol.